The summed E-state index contributed by atoms with van der Waals surface area (Å²) in [5, 5.41) is 6.87. The molecule has 2 fully saturated rings. The highest BCUT2D eigenvalue weighted by molar-refractivity contribution is 14.0. The predicted octanol–water partition coefficient (Wildman–Crippen LogP) is 1.53. The van der Waals surface area contributed by atoms with E-state index in [9.17, 15) is 4.79 Å². The number of hydrogen-bond acceptors (Lipinski definition) is 4. The summed E-state index contributed by atoms with van der Waals surface area (Å²) >= 11 is 0. The lowest BCUT2D eigenvalue weighted by Crippen LogP contribution is -2.46. The van der Waals surface area contributed by atoms with Crippen molar-refractivity contribution in [2.75, 3.05) is 53.0 Å². The second kappa shape index (κ2) is 12.8. The molecule has 0 spiro atoms. The van der Waals surface area contributed by atoms with Crippen molar-refractivity contribution in [3.05, 3.63) is 0 Å². The highest BCUT2D eigenvalue weighted by Gasteiger charge is 2.28. The van der Waals surface area contributed by atoms with Crippen molar-refractivity contribution in [1.82, 2.24) is 20.4 Å². The van der Waals surface area contributed by atoms with Crippen molar-refractivity contribution in [2.24, 2.45) is 10.9 Å². The molecule has 0 bridgehead atoms. The molecule has 0 aliphatic carbocycles. The fraction of sp³-hybridized carbons (Fsp3) is 0.895. The number of carbonyl (C=O) groups is 1. The van der Waals surface area contributed by atoms with Crippen LogP contribution in [0.5, 0.6) is 0 Å². The van der Waals surface area contributed by atoms with Crippen molar-refractivity contribution < 1.29 is 9.53 Å². The van der Waals surface area contributed by atoms with Crippen molar-refractivity contribution >= 4 is 35.8 Å². The molecule has 2 N–H and O–H groups in total. The molecule has 1 amide bonds. The number of nitrogens with one attached hydrogen (secondary N) is 2. The second-order valence-electron chi connectivity index (χ2n) is 7.61. The van der Waals surface area contributed by atoms with Gasteiger partial charge in [-0.25, -0.2) is 0 Å². The topological polar surface area (TPSA) is 69.2 Å². The molecule has 158 valence electrons. The first-order valence-corrected chi connectivity index (χ1v) is 10.1. The number of nitrogens with zero attached hydrogens (tertiary/aromatic N) is 3. The number of rotatable bonds is 8. The number of guanidine groups is 1. The van der Waals surface area contributed by atoms with E-state index in [1.807, 2.05) is 18.7 Å². The maximum atomic E-state index is 12.2. The lowest BCUT2D eigenvalue weighted by molar-refractivity contribution is -0.133. The number of ether oxygens (including phenoxy) is 1. The standard InChI is InChI=1S/C19H37N5O2.HI/c1-5-20-19(21-13-17-7-6-9-23(17)11-12-26-4)22-16-8-10-24(14-16)18(25)15(2)3;/h15-17H,5-14H2,1-4H3,(H2,20,21,22);1H. The summed E-state index contributed by atoms with van der Waals surface area (Å²) in [7, 11) is 1.76. The van der Waals surface area contributed by atoms with E-state index in [4.69, 9.17) is 9.73 Å². The summed E-state index contributed by atoms with van der Waals surface area (Å²) < 4.78 is 5.22. The molecule has 2 atom stereocenters. The van der Waals surface area contributed by atoms with Crippen LogP contribution in [-0.2, 0) is 9.53 Å². The first-order chi connectivity index (χ1) is 12.5. The van der Waals surface area contributed by atoms with Crippen LogP contribution in [0.3, 0.4) is 0 Å². The molecule has 2 unspecified atom stereocenters. The van der Waals surface area contributed by atoms with Gasteiger partial charge < -0.3 is 20.3 Å². The molecule has 0 aromatic heterocycles. The minimum Gasteiger partial charge on any atom is -0.383 e. The van der Waals surface area contributed by atoms with Crippen LogP contribution in [0.15, 0.2) is 4.99 Å². The van der Waals surface area contributed by atoms with Crippen LogP contribution >= 0.6 is 24.0 Å². The van der Waals surface area contributed by atoms with E-state index in [1.165, 1.54) is 12.8 Å². The summed E-state index contributed by atoms with van der Waals surface area (Å²) in [6.45, 7) is 12.2. The Morgan fingerprint density at radius 2 is 2.07 bits per heavy atom. The summed E-state index contributed by atoms with van der Waals surface area (Å²) in [5.74, 6) is 1.18. The lowest BCUT2D eigenvalue weighted by atomic mass is 10.2. The summed E-state index contributed by atoms with van der Waals surface area (Å²) in [6, 6.07) is 0.784. The van der Waals surface area contributed by atoms with Crippen molar-refractivity contribution in [2.45, 2.75) is 52.1 Å². The average molecular weight is 495 g/mol. The molecule has 8 heteroatoms. The molecule has 7 nitrogen and oxygen atoms in total. The van der Waals surface area contributed by atoms with Gasteiger partial charge in [-0.2, -0.15) is 0 Å². The zero-order valence-electron chi connectivity index (χ0n) is 17.4. The third kappa shape index (κ3) is 7.73. The van der Waals surface area contributed by atoms with Crippen LogP contribution in [0, 0.1) is 5.92 Å². The van der Waals surface area contributed by atoms with Crippen LogP contribution < -0.4 is 10.6 Å². The third-order valence-corrected chi connectivity index (χ3v) is 5.22. The number of hydrogen-bond donors (Lipinski definition) is 2. The maximum Gasteiger partial charge on any atom is 0.225 e. The van der Waals surface area contributed by atoms with Gasteiger partial charge in [0.25, 0.3) is 0 Å². The molecule has 2 aliphatic heterocycles. The van der Waals surface area contributed by atoms with E-state index < -0.39 is 0 Å². The molecule has 2 aliphatic rings. The van der Waals surface area contributed by atoms with Crippen LogP contribution in [0.4, 0.5) is 0 Å². The zero-order valence-corrected chi connectivity index (χ0v) is 19.7. The summed E-state index contributed by atoms with van der Waals surface area (Å²) in [6.07, 6.45) is 3.42. The molecule has 0 saturated carbocycles. The molecular formula is C19H38IN5O2. The molecule has 27 heavy (non-hydrogen) atoms. The van der Waals surface area contributed by atoms with Gasteiger partial charge in [-0.05, 0) is 32.7 Å². The molecule has 0 radical (unpaired) electrons. The quantitative estimate of drug-likeness (QED) is 0.304. The first-order valence-electron chi connectivity index (χ1n) is 10.1. The lowest BCUT2D eigenvalue weighted by Gasteiger charge is -2.24. The molecule has 2 saturated heterocycles. The molecule has 0 aromatic carbocycles. The Kier molecular flexibility index (Phi) is 11.6. The van der Waals surface area contributed by atoms with Gasteiger partial charge in [-0.1, -0.05) is 13.8 Å². The number of aliphatic imine (C=N–C) groups is 1. The van der Waals surface area contributed by atoms with E-state index in [0.29, 0.717) is 6.04 Å². The number of carbonyl (C=O) groups excluding carboxylic acids is 1. The van der Waals surface area contributed by atoms with Gasteiger partial charge in [-0.3, -0.25) is 14.7 Å². The molecular weight excluding hydrogens is 457 g/mol. The van der Waals surface area contributed by atoms with Crippen LogP contribution in [0.25, 0.3) is 0 Å². The van der Waals surface area contributed by atoms with E-state index in [1.54, 1.807) is 7.11 Å². The maximum absolute atomic E-state index is 12.2. The summed E-state index contributed by atoms with van der Waals surface area (Å²) in [4.78, 5) is 21.4. The monoisotopic (exact) mass is 495 g/mol. The largest absolute Gasteiger partial charge is 0.383 e. The fourth-order valence-corrected chi connectivity index (χ4v) is 3.76. The Hall–Kier alpha value is -0.610. The van der Waals surface area contributed by atoms with Crippen molar-refractivity contribution in [3.8, 4) is 0 Å². The Labute approximate surface area is 181 Å². The summed E-state index contributed by atoms with van der Waals surface area (Å²) in [5.41, 5.74) is 0. The van der Waals surface area contributed by atoms with Gasteiger partial charge in [0.05, 0.1) is 13.2 Å². The molecule has 0 aromatic rings. The van der Waals surface area contributed by atoms with Crippen molar-refractivity contribution in [3.63, 3.8) is 0 Å². The number of amides is 1. The van der Waals surface area contributed by atoms with Gasteiger partial charge in [0.2, 0.25) is 5.91 Å². The molecule has 2 rings (SSSR count). The van der Waals surface area contributed by atoms with Gasteiger partial charge in [0, 0.05) is 51.3 Å². The Morgan fingerprint density at radius 3 is 2.74 bits per heavy atom. The van der Waals surface area contributed by atoms with Gasteiger partial charge in [0.1, 0.15) is 0 Å². The van der Waals surface area contributed by atoms with Crippen LogP contribution in [-0.4, -0.2) is 86.7 Å². The molecule has 2 heterocycles. The Balaban J connectivity index is 0.00000364. The van der Waals surface area contributed by atoms with E-state index in [2.05, 4.69) is 22.5 Å². The SMILES string of the molecule is CCNC(=NCC1CCCN1CCOC)NC1CCN(C(=O)C(C)C)C1.I. The normalized spacial score (nSPS) is 23.6. The number of methoxy groups -OCH3 is 1. The van der Waals surface area contributed by atoms with E-state index in [0.717, 1.165) is 58.3 Å². The minimum atomic E-state index is 0. The Morgan fingerprint density at radius 1 is 1.30 bits per heavy atom. The highest BCUT2D eigenvalue weighted by atomic mass is 127. The average Bonchev–Trinajstić information content (AvgIpc) is 3.26. The van der Waals surface area contributed by atoms with Crippen LogP contribution in [0.1, 0.15) is 40.0 Å². The Bertz CT molecular complexity index is 475. The van der Waals surface area contributed by atoms with Gasteiger partial charge in [0.15, 0.2) is 5.96 Å². The number of halogens is 1. The zero-order chi connectivity index (χ0) is 18.9. The number of likely N-dealkylation sites (tertiary alicyclic amines) is 2. The fourth-order valence-electron chi connectivity index (χ4n) is 3.76. The minimum absolute atomic E-state index is 0. The first kappa shape index (κ1) is 24.4. The second-order valence-corrected chi connectivity index (χ2v) is 7.61. The smallest absolute Gasteiger partial charge is 0.225 e. The van der Waals surface area contributed by atoms with Gasteiger partial charge >= 0.3 is 0 Å². The van der Waals surface area contributed by atoms with Gasteiger partial charge in [-0.15, -0.1) is 24.0 Å². The van der Waals surface area contributed by atoms with Crippen molar-refractivity contribution in [1.29, 1.82) is 0 Å². The third-order valence-electron chi connectivity index (χ3n) is 5.22. The van der Waals surface area contributed by atoms with E-state index >= 15 is 0 Å². The van der Waals surface area contributed by atoms with Crippen LogP contribution in [0.2, 0.25) is 0 Å². The predicted molar refractivity (Wildman–Crippen MR) is 121 cm³/mol. The highest BCUT2D eigenvalue weighted by Crippen LogP contribution is 2.17. The van der Waals surface area contributed by atoms with E-state index in [-0.39, 0.29) is 41.8 Å².